The summed E-state index contributed by atoms with van der Waals surface area (Å²) in [5, 5.41) is 105. The molecule has 1 aliphatic heterocycles. The predicted molar refractivity (Wildman–Crippen MR) is 144 cm³/mol. The molecular formula is C28H26O15. The number of aliphatic hydroxyl groups excluding tert-OH is 4. The summed E-state index contributed by atoms with van der Waals surface area (Å²) < 4.78 is 11.3. The summed E-state index contributed by atoms with van der Waals surface area (Å²) in [6, 6.07) is 9.38. The van der Waals surface area contributed by atoms with Gasteiger partial charge in [-0.3, -0.25) is 4.79 Å². The number of rotatable bonds is 4. The third kappa shape index (κ3) is 5.97. The zero-order valence-electron chi connectivity index (χ0n) is 21.8. The van der Waals surface area contributed by atoms with Crippen LogP contribution in [0.15, 0.2) is 57.7 Å². The number of aromatic hydroxyl groups is 6. The van der Waals surface area contributed by atoms with Gasteiger partial charge in [0.05, 0.1) is 17.7 Å². The van der Waals surface area contributed by atoms with Crippen LogP contribution in [0.5, 0.6) is 34.5 Å². The number of phenols is 6. The van der Waals surface area contributed by atoms with Crippen LogP contribution in [0.2, 0.25) is 0 Å². The van der Waals surface area contributed by atoms with Gasteiger partial charge in [0.2, 0.25) is 0 Å². The van der Waals surface area contributed by atoms with Crippen LogP contribution >= 0.6 is 0 Å². The summed E-state index contributed by atoms with van der Waals surface area (Å²) in [5.74, 6) is -4.48. The fraction of sp³-hybridized carbons (Fsp3) is 0.214. The number of hydrogen-bond donors (Lipinski definition) is 11. The summed E-state index contributed by atoms with van der Waals surface area (Å²) in [6.45, 7) is -0.694. The van der Waals surface area contributed by atoms with Crippen molar-refractivity contribution >= 4 is 16.9 Å². The number of carboxylic acid groups (broad SMARTS) is 1. The minimum atomic E-state index is -1.75. The maximum Gasteiger partial charge on any atom is 0.335 e. The number of ether oxygens (including phenoxy) is 1. The molecular weight excluding hydrogens is 576 g/mol. The number of aromatic carboxylic acids is 1. The Morgan fingerprint density at radius 1 is 0.767 bits per heavy atom. The lowest BCUT2D eigenvalue weighted by atomic mass is 9.89. The third-order valence-corrected chi connectivity index (χ3v) is 6.64. The second kappa shape index (κ2) is 12.0. The van der Waals surface area contributed by atoms with Crippen LogP contribution in [0.25, 0.3) is 22.3 Å². The van der Waals surface area contributed by atoms with Crippen molar-refractivity contribution in [2.75, 3.05) is 6.61 Å². The van der Waals surface area contributed by atoms with Crippen molar-refractivity contribution in [3.8, 4) is 45.8 Å². The van der Waals surface area contributed by atoms with E-state index in [1.807, 2.05) is 0 Å². The van der Waals surface area contributed by atoms with E-state index in [1.165, 1.54) is 24.3 Å². The summed E-state index contributed by atoms with van der Waals surface area (Å²) in [5.41, 5.74) is -1.10. The van der Waals surface area contributed by atoms with Crippen LogP contribution in [0.1, 0.15) is 22.0 Å². The highest BCUT2D eigenvalue weighted by Crippen LogP contribution is 2.43. The molecule has 15 heteroatoms. The molecule has 1 saturated heterocycles. The Morgan fingerprint density at radius 2 is 1.37 bits per heavy atom. The monoisotopic (exact) mass is 602 g/mol. The first kappa shape index (κ1) is 30.9. The number of phenolic OH excluding ortho intramolecular Hbond substituents is 6. The van der Waals surface area contributed by atoms with Crippen LogP contribution in [0, 0.1) is 0 Å². The van der Waals surface area contributed by atoms with E-state index in [2.05, 4.69) is 0 Å². The fourth-order valence-corrected chi connectivity index (χ4v) is 4.43. The van der Waals surface area contributed by atoms with Gasteiger partial charge in [-0.05, 0) is 36.4 Å². The lowest BCUT2D eigenvalue weighted by molar-refractivity contribution is -0.231. The van der Waals surface area contributed by atoms with Crippen LogP contribution in [0.4, 0.5) is 0 Å². The highest BCUT2D eigenvalue weighted by atomic mass is 16.5. The van der Waals surface area contributed by atoms with Gasteiger partial charge >= 0.3 is 5.97 Å². The first-order chi connectivity index (χ1) is 20.2. The van der Waals surface area contributed by atoms with Crippen molar-refractivity contribution in [3.63, 3.8) is 0 Å². The van der Waals surface area contributed by atoms with E-state index >= 15 is 0 Å². The van der Waals surface area contributed by atoms with Gasteiger partial charge in [0.25, 0.3) is 0 Å². The average molecular weight is 603 g/mol. The number of carboxylic acids is 1. The molecule has 0 radical (unpaired) electrons. The molecule has 0 bridgehead atoms. The van der Waals surface area contributed by atoms with Gasteiger partial charge in [-0.25, -0.2) is 4.79 Å². The highest BCUT2D eigenvalue weighted by Gasteiger charge is 2.46. The van der Waals surface area contributed by atoms with Gasteiger partial charge in [-0.15, -0.1) is 0 Å². The maximum atomic E-state index is 12.7. The molecule has 4 aromatic rings. The summed E-state index contributed by atoms with van der Waals surface area (Å²) in [6.07, 6.45) is -7.87. The Hall–Kier alpha value is -5.06. The lowest BCUT2D eigenvalue weighted by Crippen LogP contribution is -2.55. The van der Waals surface area contributed by atoms with E-state index in [-0.39, 0.29) is 33.6 Å². The molecule has 0 aliphatic carbocycles. The molecule has 15 nitrogen and oxygen atoms in total. The fourth-order valence-electron chi connectivity index (χ4n) is 4.43. The predicted octanol–water partition coefficient (Wildman–Crippen LogP) is 0.593. The van der Waals surface area contributed by atoms with Crippen molar-refractivity contribution in [3.05, 3.63) is 69.9 Å². The minimum Gasteiger partial charge on any atom is -0.508 e. The number of carbonyl (C=O) groups is 1. The van der Waals surface area contributed by atoms with E-state index in [1.54, 1.807) is 0 Å². The zero-order valence-corrected chi connectivity index (χ0v) is 21.8. The summed E-state index contributed by atoms with van der Waals surface area (Å²) >= 11 is 0. The maximum absolute atomic E-state index is 12.7. The average Bonchev–Trinajstić information content (AvgIpc) is 2.95. The lowest BCUT2D eigenvalue weighted by Gasteiger charge is -2.40. The molecule has 228 valence electrons. The minimum absolute atomic E-state index is 0.0100. The van der Waals surface area contributed by atoms with Gasteiger partial charge in [-0.2, -0.15) is 0 Å². The first-order valence-electron chi connectivity index (χ1n) is 12.4. The Labute approximate surface area is 240 Å². The van der Waals surface area contributed by atoms with Gasteiger partial charge in [-0.1, -0.05) is 0 Å². The van der Waals surface area contributed by atoms with Gasteiger partial charge in [0.1, 0.15) is 58.9 Å². The molecule has 0 amide bonds. The Balaban J connectivity index is 0.000000296. The molecule has 0 spiro atoms. The van der Waals surface area contributed by atoms with E-state index in [0.717, 1.165) is 24.3 Å². The Morgan fingerprint density at radius 3 is 1.93 bits per heavy atom. The number of fused-ring (bicyclic) bond motifs is 1. The van der Waals surface area contributed by atoms with Crippen LogP contribution in [0.3, 0.4) is 0 Å². The molecule has 2 heterocycles. The first-order valence-corrected chi connectivity index (χ1v) is 12.4. The van der Waals surface area contributed by atoms with Crippen molar-refractivity contribution in [2.24, 2.45) is 0 Å². The molecule has 3 aromatic carbocycles. The molecule has 0 unspecified atom stereocenters. The number of benzene rings is 3. The van der Waals surface area contributed by atoms with Crippen molar-refractivity contribution < 1.29 is 70.1 Å². The molecule has 0 saturated carbocycles. The van der Waals surface area contributed by atoms with Gasteiger partial charge in [0.15, 0.2) is 28.3 Å². The van der Waals surface area contributed by atoms with Gasteiger partial charge < -0.3 is 65.3 Å². The third-order valence-electron chi connectivity index (χ3n) is 6.64. The molecule has 1 fully saturated rings. The Bertz CT molecular complexity index is 1690. The van der Waals surface area contributed by atoms with E-state index in [4.69, 9.17) is 29.6 Å². The van der Waals surface area contributed by atoms with E-state index < -0.39 is 77.3 Å². The molecule has 1 aliphatic rings. The van der Waals surface area contributed by atoms with E-state index in [9.17, 15) is 45.3 Å². The second-order valence-corrected chi connectivity index (χ2v) is 9.47. The number of hydrogen-bond acceptors (Lipinski definition) is 14. The summed E-state index contributed by atoms with van der Waals surface area (Å²) in [4.78, 5) is 23.1. The standard InChI is InChI=1S/C21H20O10.C7H6O5/c22-7-14-17(27)18(28)19(29)21(31-14)16-11(25)5-10(24)15-12(26)6-13(30-20(15)16)8-1-3-9(23)4-2-8;8-4-1-3(7(11)12)2-5(9)6(4)10/h1-6,14,17-19,21-25,27-29H,7H2;1-2,8-10H,(H,11,12)/t14-,17-,18+,19-,21+;/m1./s1. The van der Waals surface area contributed by atoms with E-state index in [0.29, 0.717) is 5.56 Å². The quantitative estimate of drug-likeness (QED) is 0.143. The van der Waals surface area contributed by atoms with Crippen molar-refractivity contribution in [2.45, 2.75) is 30.5 Å². The normalized spacial score (nSPS) is 21.6. The van der Waals surface area contributed by atoms with Crippen LogP contribution < -0.4 is 5.43 Å². The second-order valence-electron chi connectivity index (χ2n) is 9.47. The molecule has 5 rings (SSSR count). The SMILES string of the molecule is O=C(O)c1cc(O)c(O)c(O)c1.O=c1cc(-c2ccc(O)cc2)oc2c([C@@H]3O[C@H](CO)[C@@H](O)[C@H](O)[C@H]3O)c(O)cc(O)c12. The Kier molecular flexibility index (Phi) is 8.65. The summed E-state index contributed by atoms with van der Waals surface area (Å²) in [7, 11) is 0. The van der Waals surface area contributed by atoms with Gasteiger partial charge in [0, 0.05) is 17.7 Å². The van der Waals surface area contributed by atoms with Crippen LogP contribution in [-0.4, -0.2) is 93.2 Å². The largest absolute Gasteiger partial charge is 0.508 e. The van der Waals surface area contributed by atoms with Crippen molar-refractivity contribution in [1.82, 2.24) is 0 Å². The molecule has 11 N–H and O–H groups in total. The van der Waals surface area contributed by atoms with Crippen molar-refractivity contribution in [1.29, 1.82) is 0 Å². The number of aliphatic hydroxyl groups is 4. The van der Waals surface area contributed by atoms with Crippen LogP contribution in [-0.2, 0) is 4.74 Å². The topological polar surface area (TPSA) is 279 Å². The molecule has 43 heavy (non-hydrogen) atoms. The molecule has 5 atom stereocenters. The smallest absolute Gasteiger partial charge is 0.335 e. The highest BCUT2D eigenvalue weighted by molar-refractivity contribution is 5.90. The zero-order chi connectivity index (χ0) is 31.7. The molecule has 1 aromatic heterocycles.